The van der Waals surface area contributed by atoms with Crippen LogP contribution >= 0.6 is 0 Å². The van der Waals surface area contributed by atoms with Crippen molar-refractivity contribution in [1.29, 1.82) is 0 Å². The van der Waals surface area contributed by atoms with Gasteiger partial charge >= 0.3 is 5.97 Å². The lowest BCUT2D eigenvalue weighted by molar-refractivity contribution is -0.144. The van der Waals surface area contributed by atoms with Gasteiger partial charge in [-0.1, -0.05) is 30.3 Å². The fraction of sp³-hybridized carbons (Fsp3) is 0.300. The van der Waals surface area contributed by atoms with Crippen LogP contribution in [-0.2, 0) is 22.6 Å². The van der Waals surface area contributed by atoms with Gasteiger partial charge in [-0.05, 0) is 23.3 Å². The van der Waals surface area contributed by atoms with E-state index in [0.29, 0.717) is 22.8 Å². The Kier molecular flexibility index (Phi) is 7.05. The third-order valence-corrected chi connectivity index (χ3v) is 3.97. The van der Waals surface area contributed by atoms with Gasteiger partial charge in [0.15, 0.2) is 11.5 Å². The number of hydrogen-bond acceptors (Lipinski definition) is 5. The van der Waals surface area contributed by atoms with Gasteiger partial charge in [-0.2, -0.15) is 0 Å². The second-order valence-corrected chi connectivity index (χ2v) is 5.84. The molecule has 1 N–H and O–H groups in total. The second-order valence-electron chi connectivity index (χ2n) is 5.84. The number of carbonyl (C=O) groups excluding carboxylic acids is 1. The van der Waals surface area contributed by atoms with Gasteiger partial charge in [-0.25, -0.2) is 0 Å². The Morgan fingerprint density at radius 3 is 2.00 bits per heavy atom. The predicted octanol–water partition coefficient (Wildman–Crippen LogP) is 2.37. The Morgan fingerprint density at radius 1 is 0.926 bits per heavy atom. The minimum absolute atomic E-state index is 0.0107. The average molecular weight is 373 g/mol. The summed E-state index contributed by atoms with van der Waals surface area (Å²) in [7, 11) is 4.49. The topological polar surface area (TPSA) is 85.3 Å². The van der Waals surface area contributed by atoms with Gasteiger partial charge in [0.25, 0.3) is 0 Å². The highest BCUT2D eigenvalue weighted by atomic mass is 16.5. The number of methoxy groups -OCH3 is 3. The van der Waals surface area contributed by atoms with Crippen molar-refractivity contribution in [3.05, 3.63) is 53.6 Å². The average Bonchev–Trinajstić information content (AvgIpc) is 2.67. The van der Waals surface area contributed by atoms with Gasteiger partial charge in [0.1, 0.15) is 6.54 Å². The molecule has 0 bridgehead atoms. The Hall–Kier alpha value is -3.22. The SMILES string of the molecule is COc1cc(CC(=O)N(CC(=O)O)Cc2ccccc2)cc(OC)c1OC. The third-order valence-electron chi connectivity index (χ3n) is 3.97. The van der Waals surface area contributed by atoms with Crippen molar-refractivity contribution in [3.8, 4) is 17.2 Å². The van der Waals surface area contributed by atoms with E-state index >= 15 is 0 Å². The van der Waals surface area contributed by atoms with Gasteiger partial charge in [-0.15, -0.1) is 0 Å². The summed E-state index contributed by atoms with van der Waals surface area (Å²) in [6, 6.07) is 12.6. The van der Waals surface area contributed by atoms with Crippen LogP contribution in [0.15, 0.2) is 42.5 Å². The lowest BCUT2D eigenvalue weighted by Gasteiger charge is -2.21. The summed E-state index contributed by atoms with van der Waals surface area (Å²) < 4.78 is 15.9. The first-order chi connectivity index (χ1) is 13.0. The highest BCUT2D eigenvalue weighted by Gasteiger charge is 2.20. The van der Waals surface area contributed by atoms with Gasteiger partial charge in [0, 0.05) is 6.54 Å². The molecule has 2 aromatic rings. The fourth-order valence-electron chi connectivity index (χ4n) is 2.72. The van der Waals surface area contributed by atoms with Crippen LogP contribution in [0.5, 0.6) is 17.2 Å². The quantitative estimate of drug-likeness (QED) is 0.726. The van der Waals surface area contributed by atoms with Gasteiger partial charge < -0.3 is 24.2 Å². The standard InChI is InChI=1S/C20H23NO6/c1-25-16-9-15(10-17(26-2)20(16)27-3)11-18(22)21(13-19(23)24)12-14-7-5-4-6-8-14/h4-10H,11-13H2,1-3H3,(H,23,24). The van der Waals surface area contributed by atoms with Crippen LogP contribution in [0.1, 0.15) is 11.1 Å². The lowest BCUT2D eigenvalue weighted by Crippen LogP contribution is -2.36. The molecule has 0 aliphatic carbocycles. The van der Waals surface area contributed by atoms with E-state index in [1.807, 2.05) is 30.3 Å². The first-order valence-corrected chi connectivity index (χ1v) is 8.30. The molecule has 0 fully saturated rings. The first-order valence-electron chi connectivity index (χ1n) is 8.30. The largest absolute Gasteiger partial charge is 0.493 e. The summed E-state index contributed by atoms with van der Waals surface area (Å²) in [6.45, 7) is -0.158. The molecule has 0 aliphatic rings. The number of benzene rings is 2. The van der Waals surface area contributed by atoms with Crippen molar-refractivity contribution in [2.24, 2.45) is 0 Å². The van der Waals surface area contributed by atoms with Crippen LogP contribution in [0.4, 0.5) is 0 Å². The maximum absolute atomic E-state index is 12.8. The van der Waals surface area contributed by atoms with Crippen LogP contribution in [0.25, 0.3) is 0 Å². The number of ether oxygens (including phenoxy) is 3. The van der Waals surface area contributed by atoms with Gasteiger partial charge in [0.2, 0.25) is 11.7 Å². The molecule has 27 heavy (non-hydrogen) atoms. The zero-order valence-corrected chi connectivity index (χ0v) is 15.6. The van der Waals surface area contributed by atoms with E-state index in [2.05, 4.69) is 0 Å². The number of nitrogens with zero attached hydrogens (tertiary/aromatic N) is 1. The van der Waals surface area contributed by atoms with E-state index in [1.54, 1.807) is 12.1 Å². The maximum Gasteiger partial charge on any atom is 0.323 e. The third kappa shape index (κ3) is 5.37. The molecular weight excluding hydrogens is 350 g/mol. The molecule has 0 saturated carbocycles. The molecule has 0 aromatic heterocycles. The molecule has 2 rings (SSSR count). The summed E-state index contributed by atoms with van der Waals surface area (Å²) in [4.78, 5) is 25.3. The second kappa shape index (κ2) is 9.47. The summed E-state index contributed by atoms with van der Waals surface area (Å²) in [5, 5.41) is 9.16. The van der Waals surface area contributed by atoms with Crippen molar-refractivity contribution in [2.45, 2.75) is 13.0 Å². The molecule has 144 valence electrons. The first kappa shape index (κ1) is 20.1. The number of carbonyl (C=O) groups is 2. The molecular formula is C20H23NO6. The van der Waals surface area contributed by atoms with E-state index < -0.39 is 5.97 Å². The fourth-order valence-corrected chi connectivity index (χ4v) is 2.72. The summed E-state index contributed by atoms with van der Waals surface area (Å²) in [5.41, 5.74) is 1.50. The Labute approximate surface area is 158 Å². The molecule has 0 unspecified atom stereocenters. The summed E-state index contributed by atoms with van der Waals surface area (Å²) in [5.74, 6) is -0.0671. The van der Waals surface area contributed by atoms with Crippen LogP contribution in [0.2, 0.25) is 0 Å². The number of hydrogen-bond donors (Lipinski definition) is 1. The zero-order valence-electron chi connectivity index (χ0n) is 15.6. The minimum Gasteiger partial charge on any atom is -0.493 e. The number of rotatable bonds is 9. The van der Waals surface area contributed by atoms with E-state index in [1.165, 1.54) is 26.2 Å². The van der Waals surface area contributed by atoms with Crippen molar-refractivity contribution in [2.75, 3.05) is 27.9 Å². The van der Waals surface area contributed by atoms with Crippen molar-refractivity contribution in [1.82, 2.24) is 4.90 Å². The molecule has 0 aliphatic heterocycles. The molecule has 7 nitrogen and oxygen atoms in total. The van der Waals surface area contributed by atoms with E-state index in [4.69, 9.17) is 19.3 Å². The highest BCUT2D eigenvalue weighted by Crippen LogP contribution is 2.38. The molecule has 0 radical (unpaired) electrons. The normalized spacial score (nSPS) is 10.2. The molecule has 0 heterocycles. The summed E-state index contributed by atoms with van der Waals surface area (Å²) in [6.07, 6.45) is 0.0107. The lowest BCUT2D eigenvalue weighted by atomic mass is 10.1. The molecule has 0 saturated heterocycles. The number of amides is 1. The number of aliphatic carboxylic acids is 1. The highest BCUT2D eigenvalue weighted by molar-refractivity contribution is 5.83. The predicted molar refractivity (Wildman–Crippen MR) is 99.3 cm³/mol. The Balaban J connectivity index is 2.24. The van der Waals surface area contributed by atoms with E-state index in [9.17, 15) is 9.59 Å². The Bertz CT molecular complexity index is 765. The van der Waals surface area contributed by atoms with Crippen LogP contribution < -0.4 is 14.2 Å². The van der Waals surface area contributed by atoms with Crippen molar-refractivity contribution >= 4 is 11.9 Å². The van der Waals surface area contributed by atoms with Crippen LogP contribution in [0, 0.1) is 0 Å². The van der Waals surface area contributed by atoms with Crippen molar-refractivity contribution < 1.29 is 28.9 Å². The molecule has 2 aromatic carbocycles. The summed E-state index contributed by atoms with van der Waals surface area (Å²) >= 11 is 0. The molecule has 7 heteroatoms. The van der Waals surface area contributed by atoms with Crippen LogP contribution in [-0.4, -0.2) is 49.8 Å². The maximum atomic E-state index is 12.8. The molecule has 1 amide bonds. The smallest absolute Gasteiger partial charge is 0.323 e. The molecule has 0 spiro atoms. The van der Waals surface area contributed by atoms with Crippen molar-refractivity contribution in [3.63, 3.8) is 0 Å². The minimum atomic E-state index is -1.07. The number of carboxylic acid groups (broad SMARTS) is 1. The van der Waals surface area contributed by atoms with Gasteiger partial charge in [0.05, 0.1) is 27.8 Å². The Morgan fingerprint density at radius 2 is 1.52 bits per heavy atom. The van der Waals surface area contributed by atoms with E-state index in [-0.39, 0.29) is 25.4 Å². The zero-order chi connectivity index (χ0) is 19.8. The molecule has 0 atom stereocenters. The van der Waals surface area contributed by atoms with E-state index in [0.717, 1.165) is 5.56 Å². The van der Waals surface area contributed by atoms with Crippen LogP contribution in [0.3, 0.4) is 0 Å². The number of carboxylic acids is 1. The van der Waals surface area contributed by atoms with Gasteiger partial charge in [-0.3, -0.25) is 9.59 Å². The monoisotopic (exact) mass is 373 g/mol.